The molecule has 2 rings (SSSR count). The third kappa shape index (κ3) is 3.84. The minimum Gasteiger partial charge on any atom is -0.493 e. The molecule has 2 aromatic rings. The Morgan fingerprint density at radius 1 is 0.952 bits per heavy atom. The fourth-order valence-electron chi connectivity index (χ4n) is 1.93. The van der Waals surface area contributed by atoms with Crippen LogP contribution in [0.4, 0.5) is 14.5 Å². The van der Waals surface area contributed by atoms with Crippen LogP contribution in [0.3, 0.4) is 0 Å². The number of nitrogens with one attached hydrogen (secondary N) is 1. The van der Waals surface area contributed by atoms with Crippen molar-refractivity contribution >= 4 is 5.69 Å². The van der Waals surface area contributed by atoms with E-state index in [0.717, 1.165) is 11.3 Å². The van der Waals surface area contributed by atoms with E-state index in [4.69, 9.17) is 9.47 Å². The second-order valence-electron chi connectivity index (χ2n) is 4.47. The summed E-state index contributed by atoms with van der Waals surface area (Å²) in [5.74, 6) is 1.29. The van der Waals surface area contributed by atoms with Gasteiger partial charge in [-0.25, -0.2) is 8.78 Å². The Kier molecular flexibility index (Phi) is 4.98. The normalized spacial score (nSPS) is 10.5. The minimum atomic E-state index is -2.43. The molecule has 0 fully saturated rings. The van der Waals surface area contributed by atoms with E-state index < -0.39 is 6.43 Å². The van der Waals surface area contributed by atoms with Gasteiger partial charge in [0.1, 0.15) is 0 Å². The topological polar surface area (TPSA) is 30.5 Å². The fraction of sp³-hybridized carbons (Fsp3) is 0.250. The van der Waals surface area contributed by atoms with Crippen molar-refractivity contribution in [2.45, 2.75) is 13.0 Å². The molecule has 112 valence electrons. The van der Waals surface area contributed by atoms with Crippen molar-refractivity contribution < 1.29 is 18.3 Å². The first kappa shape index (κ1) is 15.1. The Morgan fingerprint density at radius 2 is 1.62 bits per heavy atom. The van der Waals surface area contributed by atoms with Gasteiger partial charge in [0.2, 0.25) is 0 Å². The Hall–Kier alpha value is -2.30. The molecule has 0 heterocycles. The van der Waals surface area contributed by atoms with Gasteiger partial charge in [-0.1, -0.05) is 24.3 Å². The molecule has 3 nitrogen and oxygen atoms in total. The molecule has 2 aromatic carbocycles. The van der Waals surface area contributed by atoms with Gasteiger partial charge < -0.3 is 14.8 Å². The summed E-state index contributed by atoms with van der Waals surface area (Å²) in [6, 6.07) is 11.8. The summed E-state index contributed by atoms with van der Waals surface area (Å²) >= 11 is 0. The van der Waals surface area contributed by atoms with Crippen LogP contribution in [0, 0.1) is 0 Å². The molecule has 0 aliphatic carbocycles. The zero-order valence-electron chi connectivity index (χ0n) is 11.9. The minimum absolute atomic E-state index is 0.0323. The molecule has 0 saturated carbocycles. The summed E-state index contributed by atoms with van der Waals surface area (Å²) < 4.78 is 35.3. The van der Waals surface area contributed by atoms with E-state index in [1.165, 1.54) is 12.1 Å². The zero-order valence-corrected chi connectivity index (χ0v) is 11.9. The largest absolute Gasteiger partial charge is 0.493 e. The molecule has 0 saturated heterocycles. The fourth-order valence-corrected chi connectivity index (χ4v) is 1.93. The first-order valence-corrected chi connectivity index (χ1v) is 6.47. The molecule has 0 aliphatic heterocycles. The lowest BCUT2D eigenvalue weighted by atomic mass is 10.1. The standard InChI is InChI=1S/C16H17F2NO2/c1-20-14-8-7-13(9-15(14)21-2)19-10-11-3-5-12(6-4-11)16(17)18/h3-9,16,19H,10H2,1-2H3. The van der Waals surface area contributed by atoms with Gasteiger partial charge >= 0.3 is 0 Å². The molecule has 0 amide bonds. The van der Waals surface area contributed by atoms with Gasteiger partial charge in [-0.15, -0.1) is 0 Å². The van der Waals surface area contributed by atoms with Gasteiger partial charge in [-0.3, -0.25) is 0 Å². The van der Waals surface area contributed by atoms with Crippen molar-refractivity contribution in [1.82, 2.24) is 0 Å². The van der Waals surface area contributed by atoms with Crippen LogP contribution in [-0.2, 0) is 6.54 Å². The average Bonchev–Trinajstić information content (AvgIpc) is 2.52. The number of ether oxygens (including phenoxy) is 2. The summed E-state index contributed by atoms with van der Waals surface area (Å²) in [5.41, 5.74) is 1.82. The number of anilines is 1. The number of rotatable bonds is 6. The number of halogens is 2. The average molecular weight is 293 g/mol. The van der Waals surface area contributed by atoms with Crippen molar-refractivity contribution in [3.63, 3.8) is 0 Å². The summed E-state index contributed by atoms with van der Waals surface area (Å²) in [4.78, 5) is 0. The van der Waals surface area contributed by atoms with E-state index in [2.05, 4.69) is 5.32 Å². The second-order valence-corrected chi connectivity index (χ2v) is 4.47. The van der Waals surface area contributed by atoms with Gasteiger partial charge in [-0.05, 0) is 17.7 Å². The lowest BCUT2D eigenvalue weighted by Crippen LogP contribution is -2.00. The van der Waals surface area contributed by atoms with E-state index in [0.29, 0.717) is 18.0 Å². The lowest BCUT2D eigenvalue weighted by Gasteiger charge is -2.11. The predicted octanol–water partition coefficient (Wildman–Crippen LogP) is 4.25. The van der Waals surface area contributed by atoms with E-state index in [1.807, 2.05) is 12.1 Å². The van der Waals surface area contributed by atoms with E-state index in [9.17, 15) is 8.78 Å². The second kappa shape index (κ2) is 6.92. The number of alkyl halides is 2. The first-order valence-electron chi connectivity index (χ1n) is 6.47. The summed E-state index contributed by atoms with van der Waals surface area (Å²) in [6.07, 6.45) is -2.43. The molecular formula is C16H17F2NO2. The maximum absolute atomic E-state index is 12.5. The van der Waals surface area contributed by atoms with Crippen LogP contribution in [0.15, 0.2) is 42.5 Å². The molecular weight excluding hydrogens is 276 g/mol. The molecule has 1 N–H and O–H groups in total. The smallest absolute Gasteiger partial charge is 0.263 e. The Labute approximate surface area is 122 Å². The van der Waals surface area contributed by atoms with Crippen LogP contribution < -0.4 is 14.8 Å². The third-order valence-electron chi connectivity index (χ3n) is 3.11. The molecule has 0 spiro atoms. The Bertz CT molecular complexity index is 585. The SMILES string of the molecule is COc1ccc(NCc2ccc(C(F)F)cc2)cc1OC. The monoisotopic (exact) mass is 293 g/mol. The number of methoxy groups -OCH3 is 2. The molecule has 0 aromatic heterocycles. The lowest BCUT2D eigenvalue weighted by molar-refractivity contribution is 0.151. The van der Waals surface area contributed by atoms with Gasteiger partial charge in [0.15, 0.2) is 11.5 Å². The molecule has 0 aliphatic rings. The Balaban J connectivity index is 2.02. The molecule has 5 heteroatoms. The number of hydrogen-bond acceptors (Lipinski definition) is 3. The molecule has 0 unspecified atom stereocenters. The third-order valence-corrected chi connectivity index (χ3v) is 3.11. The zero-order chi connectivity index (χ0) is 15.2. The van der Waals surface area contributed by atoms with E-state index in [1.54, 1.807) is 32.4 Å². The van der Waals surface area contributed by atoms with E-state index >= 15 is 0 Å². The maximum Gasteiger partial charge on any atom is 0.263 e. The highest BCUT2D eigenvalue weighted by Crippen LogP contribution is 2.30. The Morgan fingerprint density at radius 3 is 2.19 bits per heavy atom. The van der Waals surface area contributed by atoms with Gasteiger partial charge in [-0.2, -0.15) is 0 Å². The van der Waals surface area contributed by atoms with Crippen LogP contribution in [0.1, 0.15) is 17.6 Å². The van der Waals surface area contributed by atoms with Crippen molar-refractivity contribution in [3.8, 4) is 11.5 Å². The highest BCUT2D eigenvalue weighted by atomic mass is 19.3. The summed E-state index contributed by atoms with van der Waals surface area (Å²) in [6.45, 7) is 0.541. The van der Waals surface area contributed by atoms with Crippen molar-refractivity contribution in [2.24, 2.45) is 0 Å². The van der Waals surface area contributed by atoms with Crippen molar-refractivity contribution in [2.75, 3.05) is 19.5 Å². The molecule has 0 bridgehead atoms. The van der Waals surface area contributed by atoms with E-state index in [-0.39, 0.29) is 5.56 Å². The highest BCUT2D eigenvalue weighted by molar-refractivity contribution is 5.55. The predicted molar refractivity (Wildman–Crippen MR) is 78.3 cm³/mol. The molecule has 0 radical (unpaired) electrons. The van der Waals surface area contributed by atoms with Crippen LogP contribution in [0.25, 0.3) is 0 Å². The molecule has 0 atom stereocenters. The number of benzene rings is 2. The first-order chi connectivity index (χ1) is 10.1. The van der Waals surface area contributed by atoms with Gasteiger partial charge in [0, 0.05) is 23.9 Å². The molecule has 21 heavy (non-hydrogen) atoms. The van der Waals surface area contributed by atoms with Crippen molar-refractivity contribution in [1.29, 1.82) is 0 Å². The van der Waals surface area contributed by atoms with Gasteiger partial charge in [0.05, 0.1) is 14.2 Å². The van der Waals surface area contributed by atoms with Crippen LogP contribution in [-0.4, -0.2) is 14.2 Å². The van der Waals surface area contributed by atoms with Crippen LogP contribution >= 0.6 is 0 Å². The van der Waals surface area contributed by atoms with Gasteiger partial charge in [0.25, 0.3) is 6.43 Å². The number of hydrogen-bond donors (Lipinski definition) is 1. The highest BCUT2D eigenvalue weighted by Gasteiger charge is 2.06. The summed E-state index contributed by atoms with van der Waals surface area (Å²) in [7, 11) is 3.15. The van der Waals surface area contributed by atoms with Crippen molar-refractivity contribution in [3.05, 3.63) is 53.6 Å². The van der Waals surface area contributed by atoms with Crippen LogP contribution in [0.2, 0.25) is 0 Å². The maximum atomic E-state index is 12.5. The van der Waals surface area contributed by atoms with Crippen LogP contribution in [0.5, 0.6) is 11.5 Å². The summed E-state index contributed by atoms with van der Waals surface area (Å²) in [5, 5.41) is 3.21. The quantitative estimate of drug-likeness (QED) is 0.863.